The van der Waals surface area contributed by atoms with E-state index in [1.54, 1.807) is 18.3 Å². The molecule has 1 aromatic heterocycles. The lowest BCUT2D eigenvalue weighted by atomic mass is 10.0. The zero-order valence-electron chi connectivity index (χ0n) is 15.5. The monoisotopic (exact) mass is 401 g/mol. The standard InChI is InChI=1S/C19H23N5O3S/c25-19-7-4-14-12-15(5-6-16(14)22-19)28(26,27)21-13-17-20-9-8-18(23-17)24-10-2-1-3-11-24/h5-6,8-9,12,21H,1-4,7,10-11,13H2,(H,22,25). The Hall–Kier alpha value is -2.52. The fourth-order valence-corrected chi connectivity index (χ4v) is 4.57. The highest BCUT2D eigenvalue weighted by Crippen LogP contribution is 2.25. The van der Waals surface area contributed by atoms with E-state index in [4.69, 9.17) is 0 Å². The number of aryl methyl sites for hydroxylation is 1. The van der Waals surface area contributed by atoms with E-state index in [-0.39, 0.29) is 17.3 Å². The number of nitrogens with one attached hydrogen (secondary N) is 2. The Balaban J connectivity index is 1.46. The smallest absolute Gasteiger partial charge is 0.240 e. The van der Waals surface area contributed by atoms with Crippen molar-refractivity contribution in [1.29, 1.82) is 0 Å². The van der Waals surface area contributed by atoms with Crippen LogP contribution in [-0.2, 0) is 27.8 Å². The second kappa shape index (κ2) is 7.84. The van der Waals surface area contributed by atoms with Gasteiger partial charge in [-0.2, -0.15) is 0 Å². The number of hydrogen-bond acceptors (Lipinski definition) is 6. The Kier molecular flexibility index (Phi) is 5.27. The van der Waals surface area contributed by atoms with Gasteiger partial charge in [0, 0.05) is 31.4 Å². The number of aromatic nitrogens is 2. The van der Waals surface area contributed by atoms with E-state index in [9.17, 15) is 13.2 Å². The fraction of sp³-hybridized carbons (Fsp3) is 0.421. The van der Waals surface area contributed by atoms with Crippen molar-refractivity contribution < 1.29 is 13.2 Å². The molecule has 9 heteroatoms. The van der Waals surface area contributed by atoms with E-state index in [1.165, 1.54) is 12.5 Å². The van der Waals surface area contributed by atoms with Crippen LogP contribution in [0.2, 0.25) is 0 Å². The Morgan fingerprint density at radius 3 is 2.75 bits per heavy atom. The molecular formula is C19H23N5O3S. The minimum Gasteiger partial charge on any atom is -0.357 e. The summed E-state index contributed by atoms with van der Waals surface area (Å²) in [5.74, 6) is 1.23. The van der Waals surface area contributed by atoms with Crippen LogP contribution in [0.25, 0.3) is 0 Å². The predicted octanol–water partition coefficient (Wildman–Crippen LogP) is 1.83. The van der Waals surface area contributed by atoms with Gasteiger partial charge in [0.2, 0.25) is 15.9 Å². The third kappa shape index (κ3) is 4.15. The van der Waals surface area contributed by atoms with Gasteiger partial charge in [0.05, 0.1) is 11.4 Å². The summed E-state index contributed by atoms with van der Waals surface area (Å²) in [6.07, 6.45) is 6.09. The van der Waals surface area contributed by atoms with Crippen LogP contribution in [0.1, 0.15) is 37.1 Å². The predicted molar refractivity (Wildman–Crippen MR) is 106 cm³/mol. The normalized spacial score (nSPS) is 17.1. The Morgan fingerprint density at radius 2 is 1.93 bits per heavy atom. The van der Waals surface area contributed by atoms with Gasteiger partial charge in [0.15, 0.2) is 0 Å². The van der Waals surface area contributed by atoms with Crippen molar-refractivity contribution in [3.8, 4) is 0 Å². The summed E-state index contributed by atoms with van der Waals surface area (Å²) in [4.78, 5) is 22.5. The van der Waals surface area contributed by atoms with Crippen LogP contribution >= 0.6 is 0 Å². The van der Waals surface area contributed by atoms with Gasteiger partial charge in [-0.1, -0.05) is 0 Å². The van der Waals surface area contributed by atoms with Crippen LogP contribution in [0.5, 0.6) is 0 Å². The summed E-state index contributed by atoms with van der Waals surface area (Å²) in [6.45, 7) is 1.96. The van der Waals surface area contributed by atoms with Crippen molar-refractivity contribution in [3.63, 3.8) is 0 Å². The Labute approximate surface area is 164 Å². The van der Waals surface area contributed by atoms with E-state index in [0.29, 0.717) is 24.4 Å². The molecule has 1 amide bonds. The number of nitrogens with zero attached hydrogens (tertiary/aromatic N) is 3. The largest absolute Gasteiger partial charge is 0.357 e. The van der Waals surface area contributed by atoms with Crippen LogP contribution in [0, 0.1) is 0 Å². The molecule has 2 aliphatic rings. The highest BCUT2D eigenvalue weighted by atomic mass is 32.2. The van der Waals surface area contributed by atoms with Gasteiger partial charge in [-0.3, -0.25) is 4.79 Å². The van der Waals surface area contributed by atoms with Gasteiger partial charge in [0.1, 0.15) is 11.6 Å². The van der Waals surface area contributed by atoms with Gasteiger partial charge in [-0.05, 0) is 55.5 Å². The number of amides is 1. The molecule has 148 valence electrons. The van der Waals surface area contributed by atoms with Crippen molar-refractivity contribution in [2.24, 2.45) is 0 Å². The molecule has 1 saturated heterocycles. The molecule has 0 aliphatic carbocycles. The second-order valence-electron chi connectivity index (χ2n) is 7.07. The van der Waals surface area contributed by atoms with Gasteiger partial charge in [-0.25, -0.2) is 23.1 Å². The first-order chi connectivity index (χ1) is 13.5. The van der Waals surface area contributed by atoms with Gasteiger partial charge >= 0.3 is 0 Å². The average Bonchev–Trinajstić information content (AvgIpc) is 2.73. The highest BCUT2D eigenvalue weighted by Gasteiger charge is 2.20. The van der Waals surface area contributed by atoms with E-state index in [2.05, 4.69) is 24.9 Å². The molecule has 28 heavy (non-hydrogen) atoms. The fourth-order valence-electron chi connectivity index (χ4n) is 3.54. The molecule has 2 N–H and O–H groups in total. The number of anilines is 2. The number of sulfonamides is 1. The molecule has 1 fully saturated rings. The van der Waals surface area contributed by atoms with Crippen molar-refractivity contribution in [2.45, 2.75) is 43.5 Å². The molecule has 0 atom stereocenters. The number of carbonyl (C=O) groups is 1. The number of fused-ring (bicyclic) bond motifs is 1. The van der Waals surface area contributed by atoms with Gasteiger partial charge in [0.25, 0.3) is 0 Å². The topological polar surface area (TPSA) is 104 Å². The van der Waals surface area contributed by atoms with E-state index < -0.39 is 10.0 Å². The maximum Gasteiger partial charge on any atom is 0.240 e. The second-order valence-corrected chi connectivity index (χ2v) is 8.84. The number of piperidine rings is 1. The van der Waals surface area contributed by atoms with Crippen molar-refractivity contribution in [3.05, 3.63) is 41.9 Å². The molecule has 0 radical (unpaired) electrons. The van der Waals surface area contributed by atoms with Crippen molar-refractivity contribution in [2.75, 3.05) is 23.3 Å². The molecule has 4 rings (SSSR count). The zero-order valence-corrected chi connectivity index (χ0v) is 16.3. The molecule has 2 aliphatic heterocycles. The molecular weight excluding hydrogens is 378 g/mol. The SMILES string of the molecule is O=C1CCc2cc(S(=O)(=O)NCc3nccc(N4CCCCC4)n3)ccc2N1. The van der Waals surface area contributed by atoms with Crippen LogP contribution < -0.4 is 14.9 Å². The summed E-state index contributed by atoms with van der Waals surface area (Å²) >= 11 is 0. The summed E-state index contributed by atoms with van der Waals surface area (Å²) in [5, 5.41) is 2.75. The minimum atomic E-state index is -3.70. The van der Waals surface area contributed by atoms with E-state index >= 15 is 0 Å². The zero-order chi connectivity index (χ0) is 19.6. The molecule has 2 aromatic rings. The lowest BCUT2D eigenvalue weighted by molar-refractivity contribution is -0.116. The average molecular weight is 401 g/mol. The summed E-state index contributed by atoms with van der Waals surface area (Å²) < 4.78 is 27.9. The van der Waals surface area contributed by atoms with E-state index in [1.807, 2.05) is 6.07 Å². The molecule has 0 bridgehead atoms. The minimum absolute atomic E-state index is 0.0256. The maximum absolute atomic E-state index is 12.7. The van der Waals surface area contributed by atoms with Crippen molar-refractivity contribution in [1.82, 2.24) is 14.7 Å². The first kappa shape index (κ1) is 18.8. The first-order valence-electron chi connectivity index (χ1n) is 9.51. The van der Waals surface area contributed by atoms with Crippen LogP contribution in [-0.4, -0.2) is 37.4 Å². The first-order valence-corrected chi connectivity index (χ1v) is 11.0. The lowest BCUT2D eigenvalue weighted by Crippen LogP contribution is -2.31. The quantitative estimate of drug-likeness (QED) is 0.792. The molecule has 1 aromatic carbocycles. The Morgan fingerprint density at radius 1 is 1.11 bits per heavy atom. The van der Waals surface area contributed by atoms with Crippen LogP contribution in [0.3, 0.4) is 0 Å². The number of rotatable bonds is 5. The van der Waals surface area contributed by atoms with Crippen LogP contribution in [0.4, 0.5) is 11.5 Å². The third-order valence-corrected chi connectivity index (χ3v) is 6.47. The third-order valence-electron chi connectivity index (χ3n) is 5.07. The summed E-state index contributed by atoms with van der Waals surface area (Å²) in [6, 6.07) is 6.61. The van der Waals surface area contributed by atoms with Crippen LogP contribution in [0.15, 0.2) is 35.4 Å². The Bertz CT molecular complexity index is 987. The highest BCUT2D eigenvalue weighted by molar-refractivity contribution is 7.89. The number of benzene rings is 1. The molecule has 0 spiro atoms. The maximum atomic E-state index is 12.7. The number of hydrogen-bond donors (Lipinski definition) is 2. The summed E-state index contributed by atoms with van der Waals surface area (Å²) in [5.41, 5.74) is 1.50. The lowest BCUT2D eigenvalue weighted by Gasteiger charge is -2.27. The van der Waals surface area contributed by atoms with Gasteiger partial charge < -0.3 is 10.2 Å². The molecule has 0 saturated carbocycles. The molecule has 0 unspecified atom stereocenters. The van der Waals surface area contributed by atoms with Crippen molar-refractivity contribution >= 4 is 27.4 Å². The number of carbonyl (C=O) groups excluding carboxylic acids is 1. The van der Waals surface area contributed by atoms with Gasteiger partial charge in [-0.15, -0.1) is 0 Å². The molecule has 8 nitrogen and oxygen atoms in total. The van der Waals surface area contributed by atoms with E-state index in [0.717, 1.165) is 37.3 Å². The summed E-state index contributed by atoms with van der Waals surface area (Å²) in [7, 11) is -3.70. The molecule has 3 heterocycles.